The van der Waals surface area contributed by atoms with Crippen LogP contribution in [-0.2, 0) is 13.5 Å². The normalized spacial score (nSPS) is 10.6. The molecule has 1 aromatic carbocycles. The summed E-state index contributed by atoms with van der Waals surface area (Å²) >= 11 is 0. The molecule has 0 radical (unpaired) electrons. The average Bonchev–Trinajstić information content (AvgIpc) is 2.76. The third kappa shape index (κ3) is 2.84. The van der Waals surface area contributed by atoms with Crippen LogP contribution in [0.15, 0.2) is 36.7 Å². The Hall–Kier alpha value is -1.94. The summed E-state index contributed by atoms with van der Waals surface area (Å²) in [5.41, 5.74) is 7.24. The highest BCUT2D eigenvalue weighted by Crippen LogP contribution is 2.10. The molecule has 0 amide bonds. The Morgan fingerprint density at radius 1 is 1.33 bits per heavy atom. The van der Waals surface area contributed by atoms with Crippen LogP contribution in [0.2, 0.25) is 0 Å². The van der Waals surface area contributed by atoms with Gasteiger partial charge in [-0.05, 0) is 12.1 Å². The molecule has 0 saturated carbocycles. The van der Waals surface area contributed by atoms with Crippen LogP contribution in [-0.4, -0.2) is 21.9 Å². The van der Waals surface area contributed by atoms with E-state index in [0.717, 1.165) is 23.4 Å². The number of carbonyl (C=O) groups is 1. The number of ketones is 1. The molecule has 0 spiro atoms. The first-order chi connectivity index (χ1) is 8.70. The van der Waals surface area contributed by atoms with E-state index in [0.29, 0.717) is 13.0 Å². The van der Waals surface area contributed by atoms with Crippen LogP contribution in [0.1, 0.15) is 28.2 Å². The van der Waals surface area contributed by atoms with Gasteiger partial charge in [0.05, 0.1) is 0 Å². The van der Waals surface area contributed by atoms with Gasteiger partial charge in [0.15, 0.2) is 5.78 Å². The lowest BCUT2D eigenvalue weighted by molar-refractivity contribution is 0.0985. The highest BCUT2D eigenvalue weighted by molar-refractivity contribution is 5.96. The van der Waals surface area contributed by atoms with Crippen molar-refractivity contribution in [2.24, 2.45) is 12.8 Å². The average molecular weight is 243 g/mol. The van der Waals surface area contributed by atoms with Gasteiger partial charge in [0.2, 0.25) is 0 Å². The lowest BCUT2D eigenvalue weighted by Gasteiger charge is -2.04. The summed E-state index contributed by atoms with van der Waals surface area (Å²) in [5.74, 6) is 1.11. The number of Topliss-reactive ketones (excluding diaryl/α,β-unsaturated/α-hetero) is 1. The third-order valence-electron chi connectivity index (χ3n) is 2.93. The SMILES string of the molecule is Cn1ccnc1Cc1ccc(C(=O)CCN)cc1. The minimum absolute atomic E-state index is 0.0982. The van der Waals surface area contributed by atoms with Crippen LogP contribution >= 0.6 is 0 Å². The Morgan fingerprint density at radius 2 is 2.06 bits per heavy atom. The molecular formula is C14H17N3O. The van der Waals surface area contributed by atoms with Crippen molar-refractivity contribution in [3.8, 4) is 0 Å². The van der Waals surface area contributed by atoms with Crippen LogP contribution in [0.3, 0.4) is 0 Å². The van der Waals surface area contributed by atoms with E-state index < -0.39 is 0 Å². The molecule has 1 aromatic heterocycles. The molecule has 1 heterocycles. The number of rotatable bonds is 5. The molecule has 2 aromatic rings. The van der Waals surface area contributed by atoms with E-state index >= 15 is 0 Å². The number of aryl methyl sites for hydroxylation is 1. The molecule has 0 aliphatic rings. The molecule has 4 heteroatoms. The van der Waals surface area contributed by atoms with Crippen molar-refractivity contribution in [2.45, 2.75) is 12.8 Å². The second-order valence-electron chi connectivity index (χ2n) is 4.29. The molecule has 0 unspecified atom stereocenters. The summed E-state index contributed by atoms with van der Waals surface area (Å²) in [7, 11) is 1.97. The topological polar surface area (TPSA) is 60.9 Å². The molecule has 2 N–H and O–H groups in total. The Bertz CT molecular complexity index is 528. The number of nitrogens with zero attached hydrogens (tertiary/aromatic N) is 2. The fourth-order valence-electron chi connectivity index (χ4n) is 1.83. The molecule has 18 heavy (non-hydrogen) atoms. The van der Waals surface area contributed by atoms with Gasteiger partial charge in [-0.25, -0.2) is 4.98 Å². The lowest BCUT2D eigenvalue weighted by atomic mass is 10.0. The first-order valence-electron chi connectivity index (χ1n) is 5.99. The van der Waals surface area contributed by atoms with E-state index in [1.165, 1.54) is 0 Å². The number of hydrogen-bond acceptors (Lipinski definition) is 3. The fourth-order valence-corrected chi connectivity index (χ4v) is 1.83. The van der Waals surface area contributed by atoms with E-state index in [1.807, 2.05) is 42.1 Å². The zero-order valence-electron chi connectivity index (χ0n) is 10.5. The predicted octanol–water partition coefficient (Wildman–Crippen LogP) is 1.54. The van der Waals surface area contributed by atoms with Crippen LogP contribution in [0.25, 0.3) is 0 Å². The molecule has 2 rings (SSSR count). The maximum atomic E-state index is 11.6. The van der Waals surface area contributed by atoms with Gasteiger partial charge in [-0.3, -0.25) is 4.79 Å². The second kappa shape index (κ2) is 5.60. The lowest BCUT2D eigenvalue weighted by Crippen LogP contribution is -2.08. The number of benzene rings is 1. The number of aromatic nitrogens is 2. The minimum atomic E-state index is 0.0982. The maximum Gasteiger partial charge on any atom is 0.164 e. The van der Waals surface area contributed by atoms with Gasteiger partial charge < -0.3 is 10.3 Å². The van der Waals surface area contributed by atoms with Crippen LogP contribution in [0, 0.1) is 0 Å². The highest BCUT2D eigenvalue weighted by atomic mass is 16.1. The molecule has 0 fully saturated rings. The van der Waals surface area contributed by atoms with Gasteiger partial charge in [0.25, 0.3) is 0 Å². The Kier molecular flexibility index (Phi) is 3.89. The first kappa shape index (κ1) is 12.5. The Balaban J connectivity index is 2.08. The second-order valence-corrected chi connectivity index (χ2v) is 4.29. The van der Waals surface area contributed by atoms with Gasteiger partial charge in [0, 0.05) is 37.8 Å². The minimum Gasteiger partial charge on any atom is -0.338 e. The van der Waals surface area contributed by atoms with E-state index in [2.05, 4.69) is 4.98 Å². The largest absolute Gasteiger partial charge is 0.338 e. The van der Waals surface area contributed by atoms with E-state index in [-0.39, 0.29) is 5.78 Å². The van der Waals surface area contributed by atoms with Gasteiger partial charge in [-0.2, -0.15) is 0 Å². The van der Waals surface area contributed by atoms with Crippen LogP contribution in [0.5, 0.6) is 0 Å². The first-order valence-corrected chi connectivity index (χ1v) is 5.99. The van der Waals surface area contributed by atoms with Crippen molar-refractivity contribution in [3.05, 3.63) is 53.6 Å². The molecule has 94 valence electrons. The summed E-state index contributed by atoms with van der Waals surface area (Å²) < 4.78 is 1.99. The van der Waals surface area contributed by atoms with Crippen molar-refractivity contribution in [3.63, 3.8) is 0 Å². The molecule has 0 aliphatic carbocycles. The molecular weight excluding hydrogens is 226 g/mol. The summed E-state index contributed by atoms with van der Waals surface area (Å²) in [6.07, 6.45) is 4.89. The van der Waals surface area contributed by atoms with E-state index in [1.54, 1.807) is 6.20 Å². The quantitative estimate of drug-likeness (QED) is 0.810. The Morgan fingerprint density at radius 3 is 2.61 bits per heavy atom. The summed E-state index contributed by atoms with van der Waals surface area (Å²) in [5, 5.41) is 0. The summed E-state index contributed by atoms with van der Waals surface area (Å²) in [6.45, 7) is 0.397. The zero-order chi connectivity index (χ0) is 13.0. The highest BCUT2D eigenvalue weighted by Gasteiger charge is 2.05. The van der Waals surface area contributed by atoms with Gasteiger partial charge in [-0.1, -0.05) is 24.3 Å². The smallest absolute Gasteiger partial charge is 0.164 e. The molecule has 0 bridgehead atoms. The van der Waals surface area contributed by atoms with E-state index in [4.69, 9.17) is 5.73 Å². The van der Waals surface area contributed by atoms with Gasteiger partial charge in [0.1, 0.15) is 5.82 Å². The number of carbonyl (C=O) groups excluding carboxylic acids is 1. The zero-order valence-corrected chi connectivity index (χ0v) is 10.5. The molecule has 4 nitrogen and oxygen atoms in total. The molecule has 0 saturated heterocycles. The van der Waals surface area contributed by atoms with Crippen molar-refractivity contribution in [1.82, 2.24) is 9.55 Å². The van der Waals surface area contributed by atoms with Gasteiger partial charge in [-0.15, -0.1) is 0 Å². The van der Waals surface area contributed by atoms with Gasteiger partial charge >= 0.3 is 0 Å². The van der Waals surface area contributed by atoms with Crippen molar-refractivity contribution >= 4 is 5.78 Å². The Labute approximate surface area is 106 Å². The third-order valence-corrected chi connectivity index (χ3v) is 2.93. The fraction of sp³-hybridized carbons (Fsp3) is 0.286. The van der Waals surface area contributed by atoms with Crippen molar-refractivity contribution < 1.29 is 4.79 Å². The standard InChI is InChI=1S/C14H17N3O/c1-17-9-8-16-14(17)10-11-2-4-12(5-3-11)13(18)6-7-15/h2-5,8-9H,6-7,10,15H2,1H3. The van der Waals surface area contributed by atoms with Crippen molar-refractivity contribution in [2.75, 3.05) is 6.54 Å². The predicted molar refractivity (Wildman–Crippen MR) is 70.5 cm³/mol. The number of imidazole rings is 1. The number of nitrogens with two attached hydrogens (primary N) is 1. The maximum absolute atomic E-state index is 11.6. The van der Waals surface area contributed by atoms with Crippen LogP contribution in [0.4, 0.5) is 0 Å². The monoisotopic (exact) mass is 243 g/mol. The number of hydrogen-bond donors (Lipinski definition) is 1. The summed E-state index contributed by atoms with van der Waals surface area (Å²) in [6, 6.07) is 7.66. The van der Waals surface area contributed by atoms with Crippen LogP contribution < -0.4 is 5.73 Å². The molecule has 0 aliphatic heterocycles. The van der Waals surface area contributed by atoms with E-state index in [9.17, 15) is 4.79 Å². The summed E-state index contributed by atoms with van der Waals surface area (Å²) in [4.78, 5) is 15.9. The molecule has 0 atom stereocenters. The van der Waals surface area contributed by atoms with Crippen molar-refractivity contribution in [1.29, 1.82) is 0 Å².